The third kappa shape index (κ3) is 3.89. The van der Waals surface area contributed by atoms with Crippen LogP contribution in [0, 0.1) is 5.41 Å². The number of likely N-dealkylation sites (tertiary alicyclic amines) is 1. The Labute approximate surface area is 179 Å². The lowest BCUT2D eigenvalue weighted by Crippen LogP contribution is -2.58. The van der Waals surface area contributed by atoms with Crippen LogP contribution in [0.25, 0.3) is 16.9 Å². The molecule has 0 aliphatic carbocycles. The van der Waals surface area contributed by atoms with Crippen LogP contribution >= 0.6 is 11.6 Å². The molecule has 10 heteroatoms. The average molecular weight is 430 g/mol. The molecule has 3 aromatic heterocycles. The van der Waals surface area contributed by atoms with E-state index in [1.807, 2.05) is 0 Å². The molecule has 0 bridgehead atoms. The van der Waals surface area contributed by atoms with Crippen LogP contribution in [0.3, 0.4) is 0 Å². The summed E-state index contributed by atoms with van der Waals surface area (Å²) in [5.74, 6) is 1.17. The highest BCUT2D eigenvalue weighted by atomic mass is 35.5. The van der Waals surface area contributed by atoms with Crippen molar-refractivity contribution in [1.29, 1.82) is 0 Å². The summed E-state index contributed by atoms with van der Waals surface area (Å²) in [6.45, 7) is 6.72. The van der Waals surface area contributed by atoms with Crippen LogP contribution in [0.1, 0.15) is 33.6 Å². The number of carbonyl (C=O) groups is 1. The Morgan fingerprint density at radius 3 is 2.80 bits per heavy atom. The van der Waals surface area contributed by atoms with Crippen molar-refractivity contribution in [3.05, 3.63) is 36.1 Å². The summed E-state index contributed by atoms with van der Waals surface area (Å²) in [7, 11) is 0. The predicted octanol–water partition coefficient (Wildman–Crippen LogP) is 3.83. The van der Waals surface area contributed by atoms with Crippen LogP contribution in [0.2, 0.25) is 5.15 Å². The molecule has 9 nitrogen and oxygen atoms in total. The van der Waals surface area contributed by atoms with Gasteiger partial charge in [0.15, 0.2) is 5.82 Å². The minimum absolute atomic E-state index is 0.0717. The summed E-state index contributed by atoms with van der Waals surface area (Å²) in [5, 5.41) is 13.5. The van der Waals surface area contributed by atoms with Gasteiger partial charge in [-0.15, -0.1) is 0 Å². The lowest BCUT2D eigenvalue weighted by molar-refractivity contribution is 0.0518. The van der Waals surface area contributed by atoms with Gasteiger partial charge >= 0.3 is 6.09 Å². The molecule has 4 rings (SSSR count). The van der Waals surface area contributed by atoms with Crippen molar-refractivity contribution in [2.75, 3.05) is 11.9 Å². The number of imidazole rings is 1. The maximum atomic E-state index is 11.8. The summed E-state index contributed by atoms with van der Waals surface area (Å²) in [4.78, 5) is 30.8. The first kappa shape index (κ1) is 20.3. The molecule has 0 radical (unpaired) electrons. The molecule has 1 aliphatic heterocycles. The van der Waals surface area contributed by atoms with E-state index in [1.54, 1.807) is 35.6 Å². The second-order valence-corrected chi connectivity index (χ2v) is 8.94. The van der Waals surface area contributed by atoms with E-state index in [-0.39, 0.29) is 17.5 Å². The molecular weight excluding hydrogens is 406 g/mol. The number of amides is 1. The predicted molar refractivity (Wildman–Crippen MR) is 114 cm³/mol. The number of carboxylic acid groups (broad SMARTS) is 1. The molecule has 1 saturated heterocycles. The van der Waals surface area contributed by atoms with Gasteiger partial charge in [0.25, 0.3) is 0 Å². The fraction of sp³-hybridized carbons (Fsp3) is 0.450. The second-order valence-electron chi connectivity index (χ2n) is 8.55. The van der Waals surface area contributed by atoms with Gasteiger partial charge in [-0.25, -0.2) is 19.7 Å². The monoisotopic (exact) mass is 429 g/mol. The van der Waals surface area contributed by atoms with Gasteiger partial charge in [-0.05, 0) is 18.3 Å². The van der Waals surface area contributed by atoms with E-state index < -0.39 is 6.09 Å². The normalized spacial score (nSPS) is 19.8. The minimum Gasteiger partial charge on any atom is -0.465 e. The topological polar surface area (TPSA) is 109 Å². The Morgan fingerprint density at radius 1 is 1.27 bits per heavy atom. The van der Waals surface area contributed by atoms with Crippen LogP contribution in [0.4, 0.5) is 10.6 Å². The van der Waals surface area contributed by atoms with Crippen LogP contribution in [0.5, 0.6) is 0 Å². The zero-order valence-corrected chi connectivity index (χ0v) is 17.8. The quantitative estimate of drug-likeness (QED) is 0.609. The zero-order valence-electron chi connectivity index (χ0n) is 17.1. The fourth-order valence-electron chi connectivity index (χ4n) is 4.23. The summed E-state index contributed by atoms with van der Waals surface area (Å²) in [5.41, 5.74) is 1.26. The molecule has 0 saturated carbocycles. The van der Waals surface area contributed by atoms with Crippen molar-refractivity contribution in [1.82, 2.24) is 29.4 Å². The van der Waals surface area contributed by atoms with Crippen molar-refractivity contribution in [2.45, 2.75) is 45.7 Å². The van der Waals surface area contributed by atoms with E-state index >= 15 is 0 Å². The van der Waals surface area contributed by atoms with Crippen LogP contribution in [0.15, 0.2) is 31.0 Å². The van der Waals surface area contributed by atoms with E-state index in [1.165, 1.54) is 4.90 Å². The number of nitrogens with one attached hydrogen (secondary N) is 1. The largest absolute Gasteiger partial charge is 0.465 e. The smallest absolute Gasteiger partial charge is 0.407 e. The summed E-state index contributed by atoms with van der Waals surface area (Å²) < 4.78 is 1.80. The van der Waals surface area contributed by atoms with E-state index in [0.717, 1.165) is 18.4 Å². The highest BCUT2D eigenvalue weighted by molar-refractivity contribution is 6.29. The Bertz CT molecular complexity index is 1080. The lowest BCUT2D eigenvalue weighted by atomic mass is 9.77. The van der Waals surface area contributed by atoms with Gasteiger partial charge in [0.1, 0.15) is 22.8 Å². The number of halogens is 1. The number of fused-ring (bicyclic) bond motifs is 1. The highest BCUT2D eigenvalue weighted by Gasteiger charge is 2.41. The van der Waals surface area contributed by atoms with Gasteiger partial charge in [0.2, 0.25) is 0 Å². The Balaban J connectivity index is 1.65. The molecule has 1 aliphatic rings. The molecule has 4 heterocycles. The second kappa shape index (κ2) is 7.71. The van der Waals surface area contributed by atoms with Crippen molar-refractivity contribution in [2.24, 2.45) is 5.41 Å². The SMILES string of the molecule is CC(C)(C)C1[C@H](Nc2cncc(-n3cnc4cnc(Cl)cc43)n2)CCCN1C(=O)O. The van der Waals surface area contributed by atoms with Crippen LogP contribution in [-0.2, 0) is 0 Å². The van der Waals surface area contributed by atoms with Gasteiger partial charge in [0.05, 0.1) is 30.1 Å². The van der Waals surface area contributed by atoms with Crippen LogP contribution < -0.4 is 5.32 Å². The molecule has 3 aromatic rings. The lowest BCUT2D eigenvalue weighted by Gasteiger charge is -2.47. The number of piperidine rings is 1. The number of rotatable bonds is 3. The first-order valence-corrected chi connectivity index (χ1v) is 10.2. The van der Waals surface area contributed by atoms with Crippen LogP contribution in [-0.4, -0.2) is 59.2 Å². The van der Waals surface area contributed by atoms with Crippen molar-refractivity contribution < 1.29 is 9.90 Å². The van der Waals surface area contributed by atoms with Gasteiger partial charge < -0.3 is 15.3 Å². The zero-order chi connectivity index (χ0) is 21.5. The van der Waals surface area contributed by atoms with Gasteiger partial charge in [0, 0.05) is 18.7 Å². The van der Waals surface area contributed by atoms with Crippen molar-refractivity contribution in [3.8, 4) is 5.82 Å². The summed E-state index contributed by atoms with van der Waals surface area (Å²) in [6, 6.07) is 1.47. The highest BCUT2D eigenvalue weighted by Crippen LogP contribution is 2.33. The third-order valence-corrected chi connectivity index (χ3v) is 5.57. The number of anilines is 1. The molecule has 1 amide bonds. The number of aromatic nitrogens is 5. The number of pyridine rings is 1. The number of hydrogen-bond acceptors (Lipinski definition) is 6. The van der Waals surface area contributed by atoms with E-state index in [4.69, 9.17) is 16.6 Å². The Kier molecular flexibility index (Phi) is 5.23. The van der Waals surface area contributed by atoms with E-state index in [9.17, 15) is 9.90 Å². The fourth-order valence-corrected chi connectivity index (χ4v) is 4.39. The van der Waals surface area contributed by atoms with Gasteiger partial charge in [-0.1, -0.05) is 32.4 Å². The maximum absolute atomic E-state index is 11.8. The molecule has 2 N–H and O–H groups in total. The molecule has 158 valence electrons. The van der Waals surface area contributed by atoms with Gasteiger partial charge in [-0.3, -0.25) is 9.55 Å². The van der Waals surface area contributed by atoms with E-state index in [0.29, 0.717) is 28.9 Å². The standard InChI is InChI=1S/C20H24ClN7O2/c1-20(2,3)18-12(5-4-6-27(18)19(29)30)25-16-9-22-10-17(26-16)28-11-24-13-8-23-15(21)7-14(13)28/h7-12,18H,4-6H2,1-3H3,(H,25,26)(H,29,30)/t12-,18?/m1/s1. The summed E-state index contributed by atoms with van der Waals surface area (Å²) >= 11 is 6.04. The first-order valence-electron chi connectivity index (χ1n) is 9.81. The average Bonchev–Trinajstić information content (AvgIpc) is 3.10. The first-order chi connectivity index (χ1) is 14.2. The third-order valence-electron chi connectivity index (χ3n) is 5.37. The Hall–Kier alpha value is -2.94. The molecule has 0 aromatic carbocycles. The Morgan fingerprint density at radius 2 is 2.07 bits per heavy atom. The van der Waals surface area contributed by atoms with E-state index in [2.05, 4.69) is 41.0 Å². The molecule has 0 spiro atoms. The number of hydrogen-bond donors (Lipinski definition) is 2. The van der Waals surface area contributed by atoms with Gasteiger partial charge in [-0.2, -0.15) is 0 Å². The maximum Gasteiger partial charge on any atom is 0.407 e. The molecule has 2 atom stereocenters. The molecular formula is C20H24ClN7O2. The van der Waals surface area contributed by atoms with Crippen molar-refractivity contribution in [3.63, 3.8) is 0 Å². The van der Waals surface area contributed by atoms with Crippen molar-refractivity contribution >= 4 is 34.5 Å². The minimum atomic E-state index is -0.892. The number of nitrogens with zero attached hydrogens (tertiary/aromatic N) is 6. The summed E-state index contributed by atoms with van der Waals surface area (Å²) in [6.07, 6.45) is 7.31. The molecule has 1 fully saturated rings. The molecule has 30 heavy (non-hydrogen) atoms. The molecule has 1 unspecified atom stereocenters.